The first-order valence-corrected chi connectivity index (χ1v) is 13.3. The molecule has 0 aliphatic rings. The maximum absolute atomic E-state index is 12.9. The molecule has 0 spiro atoms. The molecule has 1 heterocycles. The summed E-state index contributed by atoms with van der Waals surface area (Å²) < 4.78 is 53.5. The summed E-state index contributed by atoms with van der Waals surface area (Å²) >= 11 is 1.53. The second-order valence-corrected chi connectivity index (χ2v) is 10.9. The normalized spacial score (nSPS) is 14.5. The van der Waals surface area contributed by atoms with E-state index in [1.165, 1.54) is 35.6 Å². The Bertz CT molecular complexity index is 940. The highest BCUT2D eigenvalue weighted by Gasteiger charge is 2.26. The molecule has 0 aliphatic heterocycles. The maximum atomic E-state index is 12.9. The van der Waals surface area contributed by atoms with Gasteiger partial charge in [-0.3, -0.25) is 4.72 Å². The van der Waals surface area contributed by atoms with Crippen LogP contribution in [0.5, 0.6) is 0 Å². The van der Waals surface area contributed by atoms with Crippen molar-refractivity contribution >= 4 is 37.1 Å². The third kappa shape index (κ3) is 6.85. The fourth-order valence-electron chi connectivity index (χ4n) is 2.79. The molecule has 2 aromatic rings. The third-order valence-corrected chi connectivity index (χ3v) is 7.01. The fraction of sp³-hybridized carbons (Fsp3) is 0.444. The zero-order chi connectivity index (χ0) is 20.8. The summed E-state index contributed by atoms with van der Waals surface area (Å²) in [6.07, 6.45) is 1.87. The van der Waals surface area contributed by atoms with E-state index < -0.39 is 20.0 Å². The molecule has 0 radical (unpaired) electrons. The minimum absolute atomic E-state index is 0.0886. The quantitative estimate of drug-likeness (QED) is 0.461. The molecule has 0 amide bonds. The van der Waals surface area contributed by atoms with Crippen LogP contribution in [0.15, 0.2) is 46.0 Å². The molecule has 156 valence electrons. The van der Waals surface area contributed by atoms with E-state index in [-0.39, 0.29) is 16.9 Å². The molecule has 0 saturated heterocycles. The number of hydrogen-bond acceptors (Lipinski definition) is 6. The van der Waals surface area contributed by atoms with Crippen molar-refractivity contribution in [2.45, 2.75) is 31.2 Å². The van der Waals surface area contributed by atoms with Gasteiger partial charge in [-0.05, 0) is 72.1 Å². The molecule has 3 N–H and O–H groups in total. The van der Waals surface area contributed by atoms with Gasteiger partial charge in [0.25, 0.3) is 0 Å². The minimum Gasteiger partial charge on any atom is -0.317 e. The zero-order valence-corrected chi connectivity index (χ0v) is 18.6. The molecule has 0 saturated carbocycles. The van der Waals surface area contributed by atoms with E-state index in [2.05, 4.69) is 14.8 Å². The van der Waals surface area contributed by atoms with Gasteiger partial charge in [-0.15, -0.1) is 0 Å². The molecule has 0 aliphatic carbocycles. The van der Waals surface area contributed by atoms with Crippen LogP contribution >= 0.6 is 11.3 Å². The van der Waals surface area contributed by atoms with Gasteiger partial charge in [-0.1, -0.05) is 13.8 Å². The van der Waals surface area contributed by atoms with E-state index in [0.717, 1.165) is 31.3 Å². The largest absolute Gasteiger partial charge is 0.317 e. The second kappa shape index (κ2) is 9.84. The lowest BCUT2D eigenvalue weighted by molar-refractivity contribution is 0.399. The van der Waals surface area contributed by atoms with Crippen LogP contribution < -0.4 is 14.8 Å². The van der Waals surface area contributed by atoms with Gasteiger partial charge in [0.2, 0.25) is 20.0 Å². The summed E-state index contributed by atoms with van der Waals surface area (Å²) in [6, 6.07) is 7.24. The lowest BCUT2D eigenvalue weighted by Gasteiger charge is -2.25. The Kier molecular flexibility index (Phi) is 8.02. The number of hydrogen-bond donors (Lipinski definition) is 3. The molecule has 0 bridgehead atoms. The first kappa shape index (κ1) is 22.8. The highest BCUT2D eigenvalue weighted by molar-refractivity contribution is 7.92. The van der Waals surface area contributed by atoms with E-state index in [4.69, 9.17) is 0 Å². The molecular formula is C18H27N3O4S3. The fourth-order valence-corrected chi connectivity index (χ4v) is 5.38. The molecule has 7 nitrogen and oxygen atoms in total. The van der Waals surface area contributed by atoms with Gasteiger partial charge in [-0.25, -0.2) is 21.6 Å². The van der Waals surface area contributed by atoms with Crippen LogP contribution in [0.2, 0.25) is 0 Å². The van der Waals surface area contributed by atoms with Crippen LogP contribution in [0.3, 0.4) is 0 Å². The van der Waals surface area contributed by atoms with E-state index in [1.54, 1.807) is 0 Å². The van der Waals surface area contributed by atoms with Gasteiger partial charge in [-0.2, -0.15) is 11.3 Å². The van der Waals surface area contributed by atoms with E-state index in [1.807, 2.05) is 30.7 Å². The lowest BCUT2D eigenvalue weighted by atomic mass is 9.94. The first-order valence-electron chi connectivity index (χ1n) is 8.95. The summed E-state index contributed by atoms with van der Waals surface area (Å²) in [4.78, 5) is 0.0886. The van der Waals surface area contributed by atoms with Crippen molar-refractivity contribution in [2.24, 2.45) is 5.92 Å². The number of thiophene rings is 1. The first-order chi connectivity index (χ1) is 13.1. The lowest BCUT2D eigenvalue weighted by Crippen LogP contribution is -2.33. The van der Waals surface area contributed by atoms with Crippen molar-refractivity contribution in [2.75, 3.05) is 24.1 Å². The Morgan fingerprint density at radius 2 is 1.75 bits per heavy atom. The van der Waals surface area contributed by atoms with Crippen LogP contribution in [-0.2, 0) is 20.0 Å². The molecule has 1 aromatic heterocycles. The molecule has 0 fully saturated rings. The highest BCUT2D eigenvalue weighted by Crippen LogP contribution is 2.28. The van der Waals surface area contributed by atoms with Crippen LogP contribution in [0.1, 0.15) is 31.9 Å². The average molecular weight is 446 g/mol. The number of rotatable bonds is 11. The zero-order valence-electron chi connectivity index (χ0n) is 16.2. The van der Waals surface area contributed by atoms with E-state index in [0.29, 0.717) is 5.69 Å². The van der Waals surface area contributed by atoms with Crippen LogP contribution in [-0.4, -0.2) is 36.2 Å². The van der Waals surface area contributed by atoms with Crippen molar-refractivity contribution in [3.05, 3.63) is 46.7 Å². The van der Waals surface area contributed by atoms with E-state index in [9.17, 15) is 16.8 Å². The van der Waals surface area contributed by atoms with Gasteiger partial charge in [0.1, 0.15) is 0 Å². The van der Waals surface area contributed by atoms with Gasteiger partial charge < -0.3 is 5.32 Å². The second-order valence-electron chi connectivity index (χ2n) is 6.67. The van der Waals surface area contributed by atoms with Crippen molar-refractivity contribution in [1.29, 1.82) is 0 Å². The molecular weight excluding hydrogens is 418 g/mol. The summed E-state index contributed by atoms with van der Waals surface area (Å²) in [6.45, 7) is 5.74. The summed E-state index contributed by atoms with van der Waals surface area (Å²) in [5.74, 6) is 0.0922. The Morgan fingerprint density at radius 1 is 1.07 bits per heavy atom. The van der Waals surface area contributed by atoms with Crippen LogP contribution in [0.25, 0.3) is 0 Å². The SMILES string of the molecule is CCNCCC(C)C(NS(=O)(=O)c1ccc(NS(C)(=O)=O)cc1)c1ccsc1. The number of nitrogens with one attached hydrogen (secondary N) is 3. The Labute approximate surface area is 171 Å². The summed E-state index contributed by atoms with van der Waals surface area (Å²) in [5, 5.41) is 7.15. The standard InChI is InChI=1S/C18H27N3O4S3/c1-4-19-11-9-14(2)18(15-10-12-26-13-15)21-28(24,25)17-7-5-16(6-8-17)20-27(3,22)23/h5-8,10,12-14,18-21H,4,9,11H2,1-3H3. The molecule has 10 heteroatoms. The topological polar surface area (TPSA) is 104 Å². The average Bonchev–Trinajstić information content (AvgIpc) is 3.13. The predicted molar refractivity (Wildman–Crippen MR) is 115 cm³/mol. The monoisotopic (exact) mass is 445 g/mol. The number of sulfonamides is 2. The smallest absolute Gasteiger partial charge is 0.241 e. The van der Waals surface area contributed by atoms with Crippen molar-refractivity contribution in [3.8, 4) is 0 Å². The van der Waals surface area contributed by atoms with Gasteiger partial charge >= 0.3 is 0 Å². The Hall–Kier alpha value is -1.46. The molecule has 1 aromatic carbocycles. The third-order valence-electron chi connectivity index (χ3n) is 4.25. The molecule has 2 atom stereocenters. The highest BCUT2D eigenvalue weighted by atomic mass is 32.2. The van der Waals surface area contributed by atoms with Gasteiger partial charge in [0.15, 0.2) is 0 Å². The van der Waals surface area contributed by atoms with Crippen molar-refractivity contribution < 1.29 is 16.8 Å². The molecule has 28 heavy (non-hydrogen) atoms. The van der Waals surface area contributed by atoms with E-state index >= 15 is 0 Å². The number of benzene rings is 1. The molecule has 2 unspecified atom stereocenters. The summed E-state index contributed by atoms with van der Waals surface area (Å²) in [7, 11) is -7.18. The summed E-state index contributed by atoms with van der Waals surface area (Å²) in [5.41, 5.74) is 1.25. The molecule has 2 rings (SSSR count). The van der Waals surface area contributed by atoms with Gasteiger partial charge in [0, 0.05) is 5.69 Å². The van der Waals surface area contributed by atoms with Crippen LogP contribution in [0, 0.1) is 5.92 Å². The minimum atomic E-state index is -3.76. The van der Waals surface area contributed by atoms with Gasteiger partial charge in [0.05, 0.1) is 17.2 Å². The Balaban J connectivity index is 2.20. The van der Waals surface area contributed by atoms with Crippen LogP contribution in [0.4, 0.5) is 5.69 Å². The number of anilines is 1. The predicted octanol–water partition coefficient (Wildman–Crippen LogP) is 2.77. The maximum Gasteiger partial charge on any atom is 0.241 e. The van der Waals surface area contributed by atoms with Crippen molar-refractivity contribution in [1.82, 2.24) is 10.0 Å². The Morgan fingerprint density at radius 3 is 2.29 bits per heavy atom. The van der Waals surface area contributed by atoms with Crippen molar-refractivity contribution in [3.63, 3.8) is 0 Å².